The fourth-order valence-corrected chi connectivity index (χ4v) is 1.72. The van der Waals surface area contributed by atoms with Gasteiger partial charge >= 0.3 is 0 Å². The summed E-state index contributed by atoms with van der Waals surface area (Å²) in [5, 5.41) is 3.37. The van der Waals surface area contributed by atoms with E-state index < -0.39 is 0 Å². The summed E-state index contributed by atoms with van der Waals surface area (Å²) >= 11 is 1.69. The third-order valence-electron chi connectivity index (χ3n) is 1.88. The normalized spacial score (nSPS) is 11.1. The van der Waals surface area contributed by atoms with Gasteiger partial charge < -0.3 is 10.1 Å². The van der Waals surface area contributed by atoms with E-state index in [4.69, 9.17) is 4.74 Å². The van der Waals surface area contributed by atoms with Crippen molar-refractivity contribution in [3.05, 3.63) is 16.6 Å². The van der Waals surface area contributed by atoms with Gasteiger partial charge in [-0.05, 0) is 18.9 Å². The number of hydrogen-bond donors (Lipinski definition) is 1. The monoisotopic (exact) mass is 228 g/mol. The Morgan fingerprint density at radius 1 is 1.53 bits per heavy atom. The fourth-order valence-electron chi connectivity index (χ4n) is 1.16. The molecule has 0 aliphatic rings. The van der Waals surface area contributed by atoms with Gasteiger partial charge in [0.15, 0.2) is 0 Å². The molecular weight excluding hydrogens is 208 g/mol. The molecule has 0 saturated heterocycles. The molecule has 1 rings (SSSR count). The first-order valence-electron chi connectivity index (χ1n) is 5.45. The van der Waals surface area contributed by atoms with Crippen LogP contribution in [-0.2, 0) is 11.3 Å². The minimum Gasteiger partial charge on any atom is -0.381 e. The van der Waals surface area contributed by atoms with Crippen LogP contribution in [0.3, 0.4) is 0 Å². The molecule has 1 aromatic rings. The van der Waals surface area contributed by atoms with E-state index in [1.807, 2.05) is 11.7 Å². The molecule has 86 valence electrons. The minimum atomic E-state index is 0.634. The van der Waals surface area contributed by atoms with E-state index in [-0.39, 0.29) is 0 Å². The number of ether oxygens (including phenoxy) is 1. The van der Waals surface area contributed by atoms with E-state index >= 15 is 0 Å². The standard InChI is InChI=1S/C11H20N2OS/c1-10(2)8-14-5-3-4-12-6-11-7-13-9-15-11/h7,9-10,12H,3-6,8H2,1-2H3. The van der Waals surface area contributed by atoms with E-state index in [1.54, 1.807) is 11.3 Å². The van der Waals surface area contributed by atoms with Gasteiger partial charge in [0.25, 0.3) is 0 Å². The highest BCUT2D eigenvalue weighted by Crippen LogP contribution is 2.03. The number of nitrogens with zero attached hydrogens (tertiary/aromatic N) is 1. The van der Waals surface area contributed by atoms with Gasteiger partial charge in [0.2, 0.25) is 0 Å². The fraction of sp³-hybridized carbons (Fsp3) is 0.727. The second-order valence-corrected chi connectivity index (χ2v) is 4.94. The van der Waals surface area contributed by atoms with Crippen molar-refractivity contribution in [1.82, 2.24) is 10.3 Å². The van der Waals surface area contributed by atoms with Crippen molar-refractivity contribution >= 4 is 11.3 Å². The Morgan fingerprint density at radius 2 is 2.40 bits per heavy atom. The van der Waals surface area contributed by atoms with Gasteiger partial charge in [0.1, 0.15) is 0 Å². The lowest BCUT2D eigenvalue weighted by atomic mass is 10.2. The van der Waals surface area contributed by atoms with Gasteiger partial charge in [-0.1, -0.05) is 13.8 Å². The zero-order chi connectivity index (χ0) is 10.9. The molecule has 3 nitrogen and oxygen atoms in total. The van der Waals surface area contributed by atoms with Gasteiger partial charge in [0, 0.05) is 30.8 Å². The van der Waals surface area contributed by atoms with Crippen LogP contribution in [0.5, 0.6) is 0 Å². The lowest BCUT2D eigenvalue weighted by molar-refractivity contribution is 0.108. The van der Waals surface area contributed by atoms with E-state index in [0.717, 1.165) is 32.7 Å². The van der Waals surface area contributed by atoms with Crippen molar-refractivity contribution in [3.8, 4) is 0 Å². The Morgan fingerprint density at radius 3 is 3.07 bits per heavy atom. The molecule has 15 heavy (non-hydrogen) atoms. The number of nitrogens with one attached hydrogen (secondary N) is 1. The van der Waals surface area contributed by atoms with Crippen molar-refractivity contribution in [3.63, 3.8) is 0 Å². The third kappa shape index (κ3) is 6.60. The molecule has 0 atom stereocenters. The van der Waals surface area contributed by atoms with Crippen molar-refractivity contribution in [2.45, 2.75) is 26.8 Å². The average Bonchev–Trinajstić information content (AvgIpc) is 2.68. The molecule has 1 heterocycles. The first kappa shape index (κ1) is 12.6. The third-order valence-corrected chi connectivity index (χ3v) is 2.66. The second kappa shape index (κ2) is 7.79. The summed E-state index contributed by atoms with van der Waals surface area (Å²) in [5.74, 6) is 0.634. The number of aromatic nitrogens is 1. The van der Waals surface area contributed by atoms with Crippen LogP contribution >= 0.6 is 11.3 Å². The number of rotatable bonds is 8. The van der Waals surface area contributed by atoms with Gasteiger partial charge in [-0.15, -0.1) is 11.3 Å². The topological polar surface area (TPSA) is 34.1 Å². The minimum absolute atomic E-state index is 0.634. The molecule has 0 bridgehead atoms. The highest BCUT2D eigenvalue weighted by atomic mass is 32.1. The maximum Gasteiger partial charge on any atom is 0.0794 e. The molecule has 0 aliphatic carbocycles. The van der Waals surface area contributed by atoms with Crippen LogP contribution in [0.25, 0.3) is 0 Å². The van der Waals surface area contributed by atoms with Crippen LogP contribution in [0.1, 0.15) is 25.1 Å². The second-order valence-electron chi connectivity index (χ2n) is 3.97. The molecule has 0 spiro atoms. The van der Waals surface area contributed by atoms with Gasteiger partial charge in [-0.2, -0.15) is 0 Å². The number of thiazole rings is 1. The smallest absolute Gasteiger partial charge is 0.0794 e. The molecule has 0 unspecified atom stereocenters. The molecule has 1 aromatic heterocycles. The van der Waals surface area contributed by atoms with E-state index in [9.17, 15) is 0 Å². The van der Waals surface area contributed by atoms with Crippen LogP contribution < -0.4 is 5.32 Å². The van der Waals surface area contributed by atoms with Crippen molar-refractivity contribution in [1.29, 1.82) is 0 Å². The molecule has 0 saturated carbocycles. The highest BCUT2D eigenvalue weighted by molar-refractivity contribution is 7.09. The highest BCUT2D eigenvalue weighted by Gasteiger charge is 1.95. The Kier molecular flexibility index (Phi) is 6.55. The van der Waals surface area contributed by atoms with Gasteiger partial charge in [-0.3, -0.25) is 4.98 Å². The molecule has 1 N–H and O–H groups in total. The van der Waals surface area contributed by atoms with E-state index in [0.29, 0.717) is 5.92 Å². The molecule has 0 radical (unpaired) electrons. The first-order valence-corrected chi connectivity index (χ1v) is 6.33. The summed E-state index contributed by atoms with van der Waals surface area (Å²) in [5.41, 5.74) is 1.86. The summed E-state index contributed by atoms with van der Waals surface area (Å²) in [4.78, 5) is 5.31. The molecule has 0 amide bonds. The average molecular weight is 228 g/mol. The van der Waals surface area contributed by atoms with E-state index in [2.05, 4.69) is 24.1 Å². The Balaban J connectivity index is 1.85. The summed E-state index contributed by atoms with van der Waals surface area (Å²) in [7, 11) is 0. The van der Waals surface area contributed by atoms with Crippen molar-refractivity contribution < 1.29 is 4.74 Å². The predicted molar refractivity (Wildman–Crippen MR) is 64.1 cm³/mol. The van der Waals surface area contributed by atoms with E-state index in [1.165, 1.54) is 4.88 Å². The zero-order valence-corrected chi connectivity index (χ0v) is 10.3. The Hall–Kier alpha value is -0.450. The van der Waals surface area contributed by atoms with Crippen LogP contribution in [-0.4, -0.2) is 24.7 Å². The van der Waals surface area contributed by atoms with Crippen LogP contribution in [0.4, 0.5) is 0 Å². The maximum atomic E-state index is 5.48. The summed E-state index contributed by atoms with van der Waals surface area (Å²) in [6.45, 7) is 8.00. The molecule has 0 fully saturated rings. The SMILES string of the molecule is CC(C)COCCCNCc1cncs1. The van der Waals surface area contributed by atoms with Gasteiger partial charge in [-0.25, -0.2) is 0 Å². The predicted octanol–water partition coefficient (Wildman–Crippen LogP) is 2.30. The molecular formula is C11H20N2OS. The zero-order valence-electron chi connectivity index (χ0n) is 9.53. The quantitative estimate of drug-likeness (QED) is 0.693. The first-order chi connectivity index (χ1) is 7.29. The maximum absolute atomic E-state index is 5.48. The largest absolute Gasteiger partial charge is 0.381 e. The summed E-state index contributed by atoms with van der Waals surface area (Å²) < 4.78 is 5.48. The van der Waals surface area contributed by atoms with Crippen molar-refractivity contribution in [2.75, 3.05) is 19.8 Å². The lowest BCUT2D eigenvalue weighted by Gasteiger charge is -2.06. The van der Waals surface area contributed by atoms with Crippen molar-refractivity contribution in [2.24, 2.45) is 5.92 Å². The number of hydrogen-bond acceptors (Lipinski definition) is 4. The molecule has 0 aromatic carbocycles. The van der Waals surface area contributed by atoms with Crippen LogP contribution in [0.2, 0.25) is 0 Å². The molecule has 0 aliphatic heterocycles. The summed E-state index contributed by atoms with van der Waals surface area (Å²) in [6.07, 6.45) is 2.98. The lowest BCUT2D eigenvalue weighted by Crippen LogP contribution is -2.16. The summed E-state index contributed by atoms with van der Waals surface area (Å²) in [6, 6.07) is 0. The Bertz CT molecular complexity index is 237. The van der Waals surface area contributed by atoms with Gasteiger partial charge in [0.05, 0.1) is 5.51 Å². The Labute approximate surface area is 95.9 Å². The van der Waals surface area contributed by atoms with Crippen LogP contribution in [0, 0.1) is 5.92 Å². The van der Waals surface area contributed by atoms with Crippen LogP contribution in [0.15, 0.2) is 11.7 Å². The molecule has 4 heteroatoms.